The number of hydrogen-bond acceptors (Lipinski definition) is 3. The van der Waals surface area contributed by atoms with E-state index in [-0.39, 0.29) is 16.8 Å². The lowest BCUT2D eigenvalue weighted by Crippen LogP contribution is -2.39. The van der Waals surface area contributed by atoms with E-state index in [1.54, 1.807) is 6.92 Å². The minimum Gasteiger partial charge on any atom is -0.393 e. The highest BCUT2D eigenvalue weighted by Gasteiger charge is 2.39. The Kier molecular flexibility index (Phi) is 5.98. The third-order valence-corrected chi connectivity index (χ3v) is 5.11. The fourth-order valence-electron chi connectivity index (χ4n) is 3.28. The highest BCUT2D eigenvalue weighted by Crippen LogP contribution is 2.38. The summed E-state index contributed by atoms with van der Waals surface area (Å²) in [4.78, 5) is 14.0. The first-order chi connectivity index (χ1) is 13.7. The van der Waals surface area contributed by atoms with E-state index < -0.39 is 23.8 Å². The van der Waals surface area contributed by atoms with Gasteiger partial charge in [0, 0.05) is 29.9 Å². The Hall–Kier alpha value is -2.80. The number of piperidine rings is 1. The number of rotatable bonds is 5. The predicted molar refractivity (Wildman–Crippen MR) is 105 cm³/mol. The lowest BCUT2D eigenvalue weighted by atomic mass is 10.00. The maximum absolute atomic E-state index is 15.0. The molecule has 0 saturated carbocycles. The molecule has 2 aromatic carbocycles. The van der Waals surface area contributed by atoms with Crippen LogP contribution in [-0.4, -0.2) is 35.1 Å². The van der Waals surface area contributed by atoms with E-state index >= 15 is 8.78 Å². The first-order valence-corrected chi connectivity index (χ1v) is 9.36. The van der Waals surface area contributed by atoms with Crippen LogP contribution in [0, 0.1) is 12.7 Å². The fourth-order valence-corrected chi connectivity index (χ4v) is 3.28. The van der Waals surface area contributed by atoms with Gasteiger partial charge in [0.2, 0.25) is 0 Å². The lowest BCUT2D eigenvalue weighted by Gasteiger charge is -2.36. The molecule has 1 aliphatic heterocycles. The summed E-state index contributed by atoms with van der Waals surface area (Å²) in [6.45, 7) is 5.75. The van der Waals surface area contributed by atoms with E-state index in [2.05, 4.69) is 11.9 Å². The predicted octanol–water partition coefficient (Wildman–Crippen LogP) is 4.45. The molecule has 1 fully saturated rings. The second kappa shape index (κ2) is 8.29. The first-order valence-electron chi connectivity index (χ1n) is 9.36. The van der Waals surface area contributed by atoms with Crippen LogP contribution in [0.5, 0.6) is 0 Å². The molecule has 0 radical (unpaired) electrons. The van der Waals surface area contributed by atoms with Crippen molar-refractivity contribution in [3.05, 3.63) is 77.2 Å². The first kappa shape index (κ1) is 20.9. The Labute approximate surface area is 167 Å². The molecule has 7 heteroatoms. The minimum absolute atomic E-state index is 0.0611. The number of carbonyl (C=O) groups excluding carboxylic acids is 1. The van der Waals surface area contributed by atoms with Gasteiger partial charge in [-0.2, -0.15) is 8.78 Å². The van der Waals surface area contributed by atoms with Crippen molar-refractivity contribution in [3.63, 3.8) is 0 Å². The Morgan fingerprint density at radius 3 is 2.55 bits per heavy atom. The Morgan fingerprint density at radius 1 is 1.21 bits per heavy atom. The molecule has 2 aromatic rings. The lowest BCUT2D eigenvalue weighted by molar-refractivity contribution is -0.00611. The van der Waals surface area contributed by atoms with E-state index in [0.29, 0.717) is 37.2 Å². The molecule has 2 N–H and O–H groups in total. The number of aryl methyl sites for hydroxylation is 1. The standard InChI is InChI=1S/C22H23F3N2O2/c1-14-12-18(6-7-20(14)23)26-21(29)16-4-3-5-17(13-16)22(24,25)15(2)27-10-8-19(28)9-11-27/h3-7,12-13,19,28H,2,8-11H2,1H3,(H,26,29). The molecule has 1 saturated heterocycles. The number of allylic oxidation sites excluding steroid dienone is 1. The van der Waals surface area contributed by atoms with Crippen LogP contribution in [0.15, 0.2) is 54.7 Å². The van der Waals surface area contributed by atoms with Crippen LogP contribution in [0.25, 0.3) is 0 Å². The summed E-state index contributed by atoms with van der Waals surface area (Å²) < 4.78 is 43.4. The molecule has 0 spiro atoms. The second-order valence-electron chi connectivity index (χ2n) is 7.24. The number of alkyl halides is 2. The number of aliphatic hydroxyl groups excluding tert-OH is 1. The molecular formula is C22H23F3N2O2. The van der Waals surface area contributed by atoms with Gasteiger partial charge in [0.1, 0.15) is 5.82 Å². The molecule has 1 amide bonds. The zero-order valence-corrected chi connectivity index (χ0v) is 16.1. The molecule has 1 aliphatic rings. The number of carbonyl (C=O) groups is 1. The molecule has 4 nitrogen and oxygen atoms in total. The third kappa shape index (κ3) is 4.62. The Balaban J connectivity index is 1.77. The minimum atomic E-state index is -3.36. The molecule has 29 heavy (non-hydrogen) atoms. The summed E-state index contributed by atoms with van der Waals surface area (Å²) in [6, 6.07) is 9.32. The van der Waals surface area contributed by atoms with Gasteiger partial charge in [-0.15, -0.1) is 0 Å². The smallest absolute Gasteiger partial charge is 0.312 e. The second-order valence-corrected chi connectivity index (χ2v) is 7.24. The molecule has 0 bridgehead atoms. The summed E-state index contributed by atoms with van der Waals surface area (Å²) in [6.07, 6.45) is 0.346. The Morgan fingerprint density at radius 2 is 1.90 bits per heavy atom. The third-order valence-electron chi connectivity index (χ3n) is 5.11. The molecule has 154 valence electrons. The van der Waals surface area contributed by atoms with Crippen molar-refractivity contribution in [2.75, 3.05) is 18.4 Å². The van der Waals surface area contributed by atoms with Crippen molar-refractivity contribution in [1.82, 2.24) is 4.90 Å². The number of hydrogen-bond donors (Lipinski definition) is 2. The summed E-state index contributed by atoms with van der Waals surface area (Å²) in [5.74, 6) is -4.32. The van der Waals surface area contributed by atoms with Crippen LogP contribution in [-0.2, 0) is 5.92 Å². The van der Waals surface area contributed by atoms with Crippen LogP contribution in [0.3, 0.4) is 0 Å². The van der Waals surface area contributed by atoms with Gasteiger partial charge in [-0.3, -0.25) is 4.79 Å². The number of nitrogens with one attached hydrogen (secondary N) is 1. The van der Waals surface area contributed by atoms with Crippen LogP contribution in [0.4, 0.5) is 18.9 Å². The highest BCUT2D eigenvalue weighted by atomic mass is 19.3. The Bertz CT molecular complexity index is 922. The summed E-state index contributed by atoms with van der Waals surface area (Å²) >= 11 is 0. The van der Waals surface area contributed by atoms with Crippen molar-refractivity contribution in [3.8, 4) is 0 Å². The number of nitrogens with zero attached hydrogens (tertiary/aromatic N) is 1. The largest absolute Gasteiger partial charge is 0.393 e. The van der Waals surface area contributed by atoms with Crippen molar-refractivity contribution in [2.24, 2.45) is 0 Å². The maximum atomic E-state index is 15.0. The number of likely N-dealkylation sites (tertiary alicyclic amines) is 1. The van der Waals surface area contributed by atoms with E-state index in [4.69, 9.17) is 0 Å². The van der Waals surface area contributed by atoms with Crippen LogP contribution < -0.4 is 5.32 Å². The summed E-state index contributed by atoms with van der Waals surface area (Å²) in [5.41, 5.74) is 0.118. The van der Waals surface area contributed by atoms with Crippen molar-refractivity contribution < 1.29 is 23.1 Å². The van der Waals surface area contributed by atoms with E-state index in [1.165, 1.54) is 41.3 Å². The molecule has 0 aliphatic carbocycles. The number of anilines is 1. The van der Waals surface area contributed by atoms with E-state index in [0.717, 1.165) is 6.07 Å². The molecule has 1 heterocycles. The number of halogens is 3. The number of benzene rings is 2. The molecule has 0 unspecified atom stereocenters. The van der Waals surface area contributed by atoms with Gasteiger partial charge in [0.15, 0.2) is 0 Å². The molecule has 0 aromatic heterocycles. The number of aliphatic hydroxyl groups is 1. The van der Waals surface area contributed by atoms with Gasteiger partial charge < -0.3 is 15.3 Å². The SMILES string of the molecule is C=C(N1CCC(O)CC1)C(F)(F)c1cccc(C(=O)Nc2ccc(F)c(C)c2)c1. The van der Waals surface area contributed by atoms with Crippen molar-refractivity contribution in [1.29, 1.82) is 0 Å². The average Bonchev–Trinajstić information content (AvgIpc) is 2.71. The van der Waals surface area contributed by atoms with Gasteiger partial charge in [0.05, 0.1) is 11.8 Å². The molecule has 3 rings (SSSR count). The topological polar surface area (TPSA) is 52.6 Å². The monoisotopic (exact) mass is 404 g/mol. The van der Waals surface area contributed by atoms with Gasteiger partial charge >= 0.3 is 5.92 Å². The van der Waals surface area contributed by atoms with E-state index in [9.17, 15) is 14.3 Å². The van der Waals surface area contributed by atoms with E-state index in [1.807, 2.05) is 0 Å². The van der Waals surface area contributed by atoms with Gasteiger partial charge in [0.25, 0.3) is 5.91 Å². The van der Waals surface area contributed by atoms with Crippen LogP contribution in [0.1, 0.15) is 34.3 Å². The normalized spacial score (nSPS) is 15.3. The summed E-state index contributed by atoms with van der Waals surface area (Å²) in [7, 11) is 0. The van der Waals surface area contributed by atoms with Crippen LogP contribution in [0.2, 0.25) is 0 Å². The van der Waals surface area contributed by atoms with Crippen LogP contribution >= 0.6 is 0 Å². The van der Waals surface area contributed by atoms with Crippen molar-refractivity contribution in [2.45, 2.75) is 31.8 Å². The maximum Gasteiger partial charge on any atom is 0.312 e. The van der Waals surface area contributed by atoms with Gasteiger partial charge in [-0.05, 0) is 55.7 Å². The molecular weight excluding hydrogens is 381 g/mol. The number of amides is 1. The zero-order chi connectivity index (χ0) is 21.2. The highest BCUT2D eigenvalue weighted by molar-refractivity contribution is 6.04. The average molecular weight is 404 g/mol. The summed E-state index contributed by atoms with van der Waals surface area (Å²) in [5, 5.41) is 12.2. The zero-order valence-electron chi connectivity index (χ0n) is 16.1. The fraction of sp³-hybridized carbons (Fsp3) is 0.318. The molecule has 0 atom stereocenters. The quantitative estimate of drug-likeness (QED) is 0.774. The van der Waals surface area contributed by atoms with Crippen molar-refractivity contribution >= 4 is 11.6 Å². The van der Waals surface area contributed by atoms with Gasteiger partial charge in [-0.1, -0.05) is 18.7 Å². The van der Waals surface area contributed by atoms with Gasteiger partial charge in [-0.25, -0.2) is 4.39 Å².